The number of nitrogens with zero attached hydrogens (tertiary/aromatic N) is 2. The molecule has 0 aliphatic carbocycles. The number of benzene rings is 3. The molecule has 0 fully saturated rings. The van der Waals surface area contributed by atoms with Gasteiger partial charge in [0.25, 0.3) is 5.91 Å². The number of carbonyl (C=O) groups is 1. The molecule has 1 aromatic heterocycles. The number of anilines is 1. The summed E-state index contributed by atoms with van der Waals surface area (Å²) in [6, 6.07) is 22.3. The molecule has 2 heterocycles. The molecule has 0 unspecified atom stereocenters. The number of carbonyl (C=O) groups excluding carboxylic acids is 1. The van der Waals surface area contributed by atoms with Crippen molar-refractivity contribution in [2.75, 3.05) is 18.4 Å². The van der Waals surface area contributed by atoms with Crippen molar-refractivity contribution in [1.29, 1.82) is 0 Å². The van der Waals surface area contributed by atoms with Crippen LogP contribution in [0.2, 0.25) is 0 Å². The van der Waals surface area contributed by atoms with E-state index < -0.39 is 0 Å². The fourth-order valence-electron chi connectivity index (χ4n) is 3.98. The van der Waals surface area contributed by atoms with E-state index in [-0.39, 0.29) is 5.91 Å². The first-order valence-corrected chi connectivity index (χ1v) is 11.3. The average Bonchev–Trinajstić information content (AvgIpc) is 3.28. The predicted octanol–water partition coefficient (Wildman–Crippen LogP) is 5.98. The number of aromatic nitrogens is 1. The summed E-state index contributed by atoms with van der Waals surface area (Å²) >= 11 is 1.60. The first-order valence-electron chi connectivity index (χ1n) is 10.5. The highest BCUT2D eigenvalue weighted by molar-refractivity contribution is 7.16. The Bertz CT molecular complexity index is 1250. The molecule has 1 aliphatic heterocycles. The number of nitrogens with one attached hydrogen (secondary N) is 1. The monoisotopic (exact) mass is 425 g/mol. The Morgan fingerprint density at radius 3 is 2.77 bits per heavy atom. The van der Waals surface area contributed by atoms with Crippen LogP contribution in [0.1, 0.15) is 22.3 Å². The van der Waals surface area contributed by atoms with Crippen LogP contribution in [-0.2, 0) is 6.54 Å². The van der Waals surface area contributed by atoms with Gasteiger partial charge in [0.1, 0.15) is 0 Å². The maximum atomic E-state index is 13.0. The molecule has 0 spiro atoms. The van der Waals surface area contributed by atoms with Crippen molar-refractivity contribution in [2.24, 2.45) is 0 Å². The summed E-state index contributed by atoms with van der Waals surface area (Å²) in [7, 11) is 0. The van der Waals surface area contributed by atoms with Gasteiger partial charge in [-0.2, -0.15) is 0 Å². The fraction of sp³-hybridized carbons (Fsp3) is 0.154. The van der Waals surface area contributed by atoms with E-state index in [2.05, 4.69) is 57.7 Å². The third-order valence-corrected chi connectivity index (χ3v) is 6.39. The van der Waals surface area contributed by atoms with Crippen molar-refractivity contribution in [3.05, 3.63) is 95.5 Å². The van der Waals surface area contributed by atoms with Gasteiger partial charge in [0.15, 0.2) is 0 Å². The molecule has 0 saturated carbocycles. The van der Waals surface area contributed by atoms with Crippen LogP contribution in [0.15, 0.2) is 84.4 Å². The zero-order valence-electron chi connectivity index (χ0n) is 17.1. The van der Waals surface area contributed by atoms with E-state index in [1.807, 2.05) is 41.9 Å². The van der Waals surface area contributed by atoms with Gasteiger partial charge >= 0.3 is 0 Å². The molecule has 3 aromatic carbocycles. The highest BCUT2D eigenvalue weighted by Crippen LogP contribution is 2.27. The quantitative estimate of drug-likeness (QED) is 0.400. The predicted molar refractivity (Wildman–Crippen MR) is 128 cm³/mol. The van der Waals surface area contributed by atoms with E-state index in [0.29, 0.717) is 5.56 Å². The summed E-state index contributed by atoms with van der Waals surface area (Å²) in [6.07, 6.45) is 5.52. The van der Waals surface area contributed by atoms with Crippen molar-refractivity contribution in [2.45, 2.75) is 13.0 Å². The zero-order chi connectivity index (χ0) is 21.0. The summed E-state index contributed by atoms with van der Waals surface area (Å²) in [5.74, 6) is -0.103. The topological polar surface area (TPSA) is 45.2 Å². The average molecular weight is 426 g/mol. The second-order valence-electron chi connectivity index (χ2n) is 7.72. The highest BCUT2D eigenvalue weighted by atomic mass is 32.1. The molecule has 4 aromatic rings. The molecule has 4 nitrogen and oxygen atoms in total. The minimum Gasteiger partial charge on any atom is -0.322 e. The van der Waals surface area contributed by atoms with E-state index in [0.717, 1.165) is 42.0 Å². The van der Waals surface area contributed by atoms with Crippen LogP contribution < -0.4 is 5.32 Å². The number of rotatable bonds is 5. The second kappa shape index (κ2) is 8.84. The molecule has 31 heavy (non-hydrogen) atoms. The molecular weight excluding hydrogens is 402 g/mol. The summed E-state index contributed by atoms with van der Waals surface area (Å²) in [5.41, 5.74) is 7.67. The molecule has 0 saturated heterocycles. The molecular formula is C26H23N3OS. The molecule has 0 atom stereocenters. The lowest BCUT2D eigenvalue weighted by atomic mass is 9.96. The molecule has 0 bridgehead atoms. The van der Waals surface area contributed by atoms with Crippen LogP contribution in [0, 0.1) is 0 Å². The van der Waals surface area contributed by atoms with Crippen molar-refractivity contribution < 1.29 is 4.79 Å². The van der Waals surface area contributed by atoms with E-state index in [1.165, 1.54) is 16.7 Å². The largest absolute Gasteiger partial charge is 0.322 e. The molecule has 154 valence electrons. The lowest BCUT2D eigenvalue weighted by molar-refractivity contribution is 0.102. The van der Waals surface area contributed by atoms with E-state index in [4.69, 9.17) is 0 Å². The molecule has 1 amide bonds. The lowest BCUT2D eigenvalue weighted by Crippen LogP contribution is -2.27. The van der Waals surface area contributed by atoms with Crippen molar-refractivity contribution in [3.63, 3.8) is 0 Å². The summed E-state index contributed by atoms with van der Waals surface area (Å²) in [5, 5.41) is 3.03. The Labute approximate surface area is 185 Å². The maximum absolute atomic E-state index is 13.0. The van der Waals surface area contributed by atoms with Crippen molar-refractivity contribution in [1.82, 2.24) is 9.88 Å². The van der Waals surface area contributed by atoms with Gasteiger partial charge in [-0.1, -0.05) is 48.6 Å². The summed E-state index contributed by atoms with van der Waals surface area (Å²) in [4.78, 5) is 19.8. The van der Waals surface area contributed by atoms with Crippen LogP contribution in [0.4, 0.5) is 5.69 Å². The van der Waals surface area contributed by atoms with Crippen LogP contribution in [0.25, 0.3) is 21.3 Å². The highest BCUT2D eigenvalue weighted by Gasteiger charge is 2.15. The summed E-state index contributed by atoms with van der Waals surface area (Å²) < 4.78 is 1.11. The van der Waals surface area contributed by atoms with Gasteiger partial charge in [-0.25, -0.2) is 4.98 Å². The number of hydrogen-bond donors (Lipinski definition) is 1. The van der Waals surface area contributed by atoms with Gasteiger partial charge < -0.3 is 5.32 Å². The molecule has 5 heteroatoms. The Morgan fingerprint density at radius 2 is 1.94 bits per heavy atom. The third-order valence-electron chi connectivity index (χ3n) is 5.58. The number of fused-ring (bicyclic) bond motifs is 1. The van der Waals surface area contributed by atoms with Gasteiger partial charge in [0.2, 0.25) is 0 Å². The molecule has 5 rings (SSSR count). The molecule has 1 N–H and O–H groups in total. The van der Waals surface area contributed by atoms with E-state index in [9.17, 15) is 4.79 Å². The van der Waals surface area contributed by atoms with Crippen LogP contribution >= 0.6 is 11.3 Å². The molecule has 0 radical (unpaired) electrons. The normalized spacial score (nSPS) is 14.1. The first kappa shape index (κ1) is 19.7. The second-order valence-corrected chi connectivity index (χ2v) is 8.61. The Hall–Kier alpha value is -3.28. The summed E-state index contributed by atoms with van der Waals surface area (Å²) in [6.45, 7) is 2.80. The van der Waals surface area contributed by atoms with Crippen molar-refractivity contribution in [3.8, 4) is 11.1 Å². The Morgan fingerprint density at radius 1 is 1.03 bits per heavy atom. The van der Waals surface area contributed by atoms with Gasteiger partial charge in [-0.3, -0.25) is 9.69 Å². The zero-order valence-corrected chi connectivity index (χ0v) is 17.9. The van der Waals surface area contributed by atoms with E-state index >= 15 is 0 Å². The number of hydrogen-bond acceptors (Lipinski definition) is 4. The smallest absolute Gasteiger partial charge is 0.255 e. The first-order chi connectivity index (χ1) is 15.3. The van der Waals surface area contributed by atoms with E-state index in [1.54, 1.807) is 11.3 Å². The minimum atomic E-state index is -0.103. The van der Waals surface area contributed by atoms with Crippen LogP contribution in [0.5, 0.6) is 0 Å². The Kier molecular flexibility index (Phi) is 5.61. The minimum absolute atomic E-state index is 0.103. The van der Waals surface area contributed by atoms with Crippen molar-refractivity contribution >= 4 is 33.1 Å². The fourth-order valence-corrected chi connectivity index (χ4v) is 4.64. The lowest BCUT2D eigenvalue weighted by Gasteiger charge is -2.24. The third kappa shape index (κ3) is 4.43. The Balaban J connectivity index is 1.44. The van der Waals surface area contributed by atoms with Gasteiger partial charge in [-0.05, 0) is 53.4 Å². The standard InChI is InChI=1S/C26H23N3OS/c30-26(28-22-10-12-25-24(16-22)27-18-31-25)20-9-11-23(19-7-3-1-4-8-19)21(15-20)17-29-13-5-2-6-14-29/h1-5,7-12,15-16,18H,6,13-14,17H2,(H,28,30). The SMILES string of the molecule is O=C(Nc1ccc2scnc2c1)c1ccc(-c2ccccc2)c(CN2CC=CCC2)c1. The number of thiazole rings is 1. The van der Waals surface area contributed by atoms with Gasteiger partial charge in [0.05, 0.1) is 15.7 Å². The van der Waals surface area contributed by atoms with Gasteiger partial charge in [0, 0.05) is 30.9 Å². The van der Waals surface area contributed by atoms with Crippen LogP contribution in [-0.4, -0.2) is 28.9 Å². The van der Waals surface area contributed by atoms with Crippen LogP contribution in [0.3, 0.4) is 0 Å². The number of amides is 1. The molecule has 1 aliphatic rings. The maximum Gasteiger partial charge on any atom is 0.255 e. The van der Waals surface area contributed by atoms with Gasteiger partial charge in [-0.15, -0.1) is 11.3 Å².